The highest BCUT2D eigenvalue weighted by molar-refractivity contribution is 5.94. The number of benzene rings is 1. The highest BCUT2D eigenvalue weighted by atomic mass is 35.5. The van der Waals surface area contributed by atoms with E-state index in [1.807, 2.05) is 0 Å². The minimum absolute atomic E-state index is 0. The zero-order chi connectivity index (χ0) is 15.2. The van der Waals surface area contributed by atoms with Crippen molar-refractivity contribution in [3.05, 3.63) is 18.2 Å². The molecular formula is C14H19ClF2N2O3. The van der Waals surface area contributed by atoms with E-state index >= 15 is 0 Å². The summed E-state index contributed by atoms with van der Waals surface area (Å²) in [5, 5.41) is 5.57. The summed E-state index contributed by atoms with van der Waals surface area (Å²) in [7, 11) is 1.45. The maximum atomic E-state index is 12.3. The highest BCUT2D eigenvalue weighted by Crippen LogP contribution is 2.30. The average molecular weight is 337 g/mol. The van der Waals surface area contributed by atoms with Gasteiger partial charge in [-0.05, 0) is 37.4 Å². The second kappa shape index (κ2) is 8.75. The second-order valence-electron chi connectivity index (χ2n) is 4.86. The lowest BCUT2D eigenvalue weighted by Gasteiger charge is -2.13. The molecular weight excluding hydrogens is 318 g/mol. The van der Waals surface area contributed by atoms with Crippen molar-refractivity contribution in [2.75, 3.05) is 25.5 Å². The minimum atomic E-state index is -2.96. The molecule has 1 aromatic rings. The van der Waals surface area contributed by atoms with E-state index in [1.165, 1.54) is 38.2 Å². The van der Waals surface area contributed by atoms with Gasteiger partial charge in [0.05, 0.1) is 19.3 Å². The van der Waals surface area contributed by atoms with Crippen LogP contribution < -0.4 is 20.1 Å². The Hall–Kier alpha value is -1.60. The first-order chi connectivity index (χ1) is 10.1. The van der Waals surface area contributed by atoms with E-state index in [-0.39, 0.29) is 36.3 Å². The van der Waals surface area contributed by atoms with Crippen LogP contribution in [0.2, 0.25) is 0 Å². The predicted molar refractivity (Wildman–Crippen MR) is 81.1 cm³/mol. The summed E-state index contributed by atoms with van der Waals surface area (Å²) < 4.78 is 34.1. The van der Waals surface area contributed by atoms with Crippen molar-refractivity contribution >= 4 is 24.0 Å². The summed E-state index contributed by atoms with van der Waals surface area (Å²) in [6.45, 7) is -2.03. The summed E-state index contributed by atoms with van der Waals surface area (Å²) in [5.41, 5.74) is 0.160. The molecule has 1 aliphatic carbocycles. The van der Waals surface area contributed by atoms with E-state index < -0.39 is 6.61 Å². The van der Waals surface area contributed by atoms with Crippen LogP contribution in [0, 0.1) is 5.92 Å². The van der Waals surface area contributed by atoms with E-state index in [2.05, 4.69) is 15.4 Å². The van der Waals surface area contributed by atoms with Crippen molar-refractivity contribution in [2.45, 2.75) is 19.5 Å². The van der Waals surface area contributed by atoms with Crippen molar-refractivity contribution in [3.63, 3.8) is 0 Å². The molecule has 0 radical (unpaired) electrons. The quantitative estimate of drug-likeness (QED) is 0.766. The maximum Gasteiger partial charge on any atom is 0.387 e. The van der Waals surface area contributed by atoms with Gasteiger partial charge in [0.15, 0.2) is 0 Å². The molecule has 0 aromatic heterocycles. The molecule has 0 bridgehead atoms. The van der Waals surface area contributed by atoms with Gasteiger partial charge in [0, 0.05) is 6.07 Å². The van der Waals surface area contributed by atoms with Crippen LogP contribution in [-0.2, 0) is 4.79 Å². The van der Waals surface area contributed by atoms with Crippen LogP contribution >= 0.6 is 12.4 Å². The van der Waals surface area contributed by atoms with Crippen molar-refractivity contribution in [1.82, 2.24) is 5.32 Å². The first-order valence-electron chi connectivity index (χ1n) is 6.72. The Labute approximate surface area is 133 Å². The molecule has 0 unspecified atom stereocenters. The summed E-state index contributed by atoms with van der Waals surface area (Å²) in [6, 6.07) is 4.26. The predicted octanol–water partition coefficient (Wildman–Crippen LogP) is 2.66. The summed E-state index contributed by atoms with van der Waals surface area (Å²) >= 11 is 0. The third kappa shape index (κ3) is 6.03. The van der Waals surface area contributed by atoms with Gasteiger partial charge < -0.3 is 20.1 Å². The molecule has 124 valence electrons. The third-order valence-corrected chi connectivity index (χ3v) is 3.09. The van der Waals surface area contributed by atoms with Crippen molar-refractivity contribution < 1.29 is 23.0 Å². The van der Waals surface area contributed by atoms with Crippen LogP contribution in [0.5, 0.6) is 11.5 Å². The monoisotopic (exact) mass is 336 g/mol. The number of methoxy groups -OCH3 is 1. The molecule has 0 atom stereocenters. The number of carbonyl (C=O) groups is 1. The van der Waals surface area contributed by atoms with Gasteiger partial charge in [-0.1, -0.05) is 0 Å². The van der Waals surface area contributed by atoms with Gasteiger partial charge in [-0.2, -0.15) is 8.78 Å². The summed E-state index contributed by atoms with van der Waals surface area (Å²) in [6.07, 6.45) is 2.38. The van der Waals surface area contributed by atoms with Crippen LogP contribution in [0.3, 0.4) is 0 Å². The zero-order valence-electron chi connectivity index (χ0n) is 12.1. The maximum absolute atomic E-state index is 12.3. The molecule has 22 heavy (non-hydrogen) atoms. The molecule has 1 amide bonds. The number of hydrogen-bond acceptors (Lipinski definition) is 4. The van der Waals surface area contributed by atoms with Gasteiger partial charge in [0.25, 0.3) is 0 Å². The Morgan fingerprint density at radius 2 is 2.14 bits per heavy atom. The Morgan fingerprint density at radius 1 is 1.41 bits per heavy atom. The second-order valence-corrected chi connectivity index (χ2v) is 4.86. The van der Waals surface area contributed by atoms with Gasteiger partial charge in [-0.25, -0.2) is 0 Å². The number of anilines is 1. The summed E-state index contributed by atoms with van der Waals surface area (Å²) in [5.74, 6) is 0.689. The van der Waals surface area contributed by atoms with E-state index in [9.17, 15) is 13.6 Å². The molecule has 2 rings (SSSR count). The summed E-state index contributed by atoms with van der Waals surface area (Å²) in [4.78, 5) is 11.8. The fourth-order valence-corrected chi connectivity index (χ4v) is 1.84. The normalized spacial score (nSPS) is 13.5. The lowest BCUT2D eigenvalue weighted by molar-refractivity contribution is -0.115. The average Bonchev–Trinajstić information content (AvgIpc) is 3.24. The number of ether oxygens (including phenoxy) is 2. The van der Waals surface area contributed by atoms with Gasteiger partial charge in [-0.15, -0.1) is 12.4 Å². The van der Waals surface area contributed by atoms with E-state index in [0.717, 1.165) is 6.54 Å². The zero-order valence-corrected chi connectivity index (χ0v) is 12.9. The van der Waals surface area contributed by atoms with E-state index in [4.69, 9.17) is 4.74 Å². The minimum Gasteiger partial charge on any atom is -0.497 e. The Bertz CT molecular complexity index is 499. The first kappa shape index (κ1) is 18.4. The van der Waals surface area contributed by atoms with Gasteiger partial charge >= 0.3 is 6.61 Å². The molecule has 8 heteroatoms. The highest BCUT2D eigenvalue weighted by Gasteiger charge is 2.20. The topological polar surface area (TPSA) is 59.6 Å². The van der Waals surface area contributed by atoms with Crippen LogP contribution in [0.4, 0.5) is 14.5 Å². The van der Waals surface area contributed by atoms with Crippen molar-refractivity contribution in [2.24, 2.45) is 5.92 Å². The van der Waals surface area contributed by atoms with Crippen molar-refractivity contribution in [1.29, 1.82) is 0 Å². The Kier molecular flexibility index (Phi) is 7.34. The number of hydrogen-bond donors (Lipinski definition) is 2. The number of alkyl halides is 2. The fraction of sp³-hybridized carbons (Fsp3) is 0.500. The van der Waals surface area contributed by atoms with E-state index in [0.29, 0.717) is 11.7 Å². The lowest BCUT2D eigenvalue weighted by atomic mass is 10.2. The molecule has 0 saturated heterocycles. The van der Waals surface area contributed by atoms with Crippen molar-refractivity contribution in [3.8, 4) is 11.5 Å². The number of carbonyl (C=O) groups excluding carboxylic acids is 1. The lowest BCUT2D eigenvalue weighted by Crippen LogP contribution is -2.29. The smallest absolute Gasteiger partial charge is 0.387 e. The number of halogens is 3. The van der Waals surface area contributed by atoms with Crippen LogP contribution in [0.1, 0.15) is 12.8 Å². The largest absolute Gasteiger partial charge is 0.497 e. The number of rotatable bonds is 8. The molecule has 0 heterocycles. The fourth-order valence-electron chi connectivity index (χ4n) is 1.84. The molecule has 1 aromatic carbocycles. The third-order valence-electron chi connectivity index (χ3n) is 3.09. The Balaban J connectivity index is 0.00000242. The molecule has 0 spiro atoms. The van der Waals surface area contributed by atoms with Gasteiger partial charge in [0.2, 0.25) is 5.91 Å². The number of amides is 1. The molecule has 1 saturated carbocycles. The Morgan fingerprint density at radius 3 is 2.73 bits per heavy atom. The van der Waals surface area contributed by atoms with E-state index in [1.54, 1.807) is 0 Å². The molecule has 5 nitrogen and oxygen atoms in total. The molecule has 1 fully saturated rings. The number of nitrogens with one attached hydrogen (secondary N) is 2. The first-order valence-corrected chi connectivity index (χ1v) is 6.72. The molecule has 1 aliphatic rings. The SMILES string of the molecule is COc1ccc(OC(F)F)c(NC(=O)CNCC2CC2)c1.Cl. The van der Waals surface area contributed by atoms with Gasteiger partial charge in [-0.3, -0.25) is 4.79 Å². The molecule has 2 N–H and O–H groups in total. The van der Waals surface area contributed by atoms with Gasteiger partial charge in [0.1, 0.15) is 11.5 Å². The standard InChI is InChI=1S/C14H18F2N2O3.ClH/c1-20-10-4-5-12(21-14(15)16)11(6-10)18-13(19)8-17-7-9-2-3-9;/h4-6,9,14,17H,2-3,7-8H2,1H3,(H,18,19);1H. The van der Waals surface area contributed by atoms with Crippen LogP contribution in [0.15, 0.2) is 18.2 Å². The van der Waals surface area contributed by atoms with Crippen LogP contribution in [-0.4, -0.2) is 32.7 Å². The van der Waals surface area contributed by atoms with Crippen LogP contribution in [0.25, 0.3) is 0 Å². The molecule has 0 aliphatic heterocycles.